The van der Waals surface area contributed by atoms with Crippen molar-refractivity contribution in [2.45, 2.75) is 50.5 Å². The molecule has 3 nitrogen and oxygen atoms in total. The quantitative estimate of drug-likeness (QED) is 0.720. The summed E-state index contributed by atoms with van der Waals surface area (Å²) in [5.41, 5.74) is 2.62. The van der Waals surface area contributed by atoms with E-state index in [1.165, 1.54) is 57.3 Å². The predicted molar refractivity (Wildman–Crippen MR) is 108 cm³/mol. The molecule has 4 rings (SSSR count). The molecule has 0 saturated heterocycles. The highest BCUT2D eigenvalue weighted by molar-refractivity contribution is 5.41. The fraction of sp³-hybridized carbons (Fsp3) is 0.609. The van der Waals surface area contributed by atoms with E-state index in [4.69, 9.17) is 0 Å². The lowest BCUT2D eigenvalue weighted by Gasteiger charge is -2.37. The summed E-state index contributed by atoms with van der Waals surface area (Å²) in [5, 5.41) is 9.21. The van der Waals surface area contributed by atoms with Crippen molar-refractivity contribution in [1.82, 2.24) is 9.80 Å². The van der Waals surface area contributed by atoms with Gasteiger partial charge in [-0.2, -0.15) is 5.26 Å². The monoisotopic (exact) mass is 351 g/mol. The molecule has 2 fully saturated rings. The summed E-state index contributed by atoms with van der Waals surface area (Å²) in [5.74, 6) is 0.821. The van der Waals surface area contributed by atoms with Gasteiger partial charge in [0, 0.05) is 33.6 Å². The lowest BCUT2D eigenvalue weighted by Crippen LogP contribution is -2.43. The molecule has 140 valence electrons. The Kier molecular flexibility index (Phi) is 5.16. The van der Waals surface area contributed by atoms with E-state index in [0.717, 1.165) is 30.6 Å². The molecule has 0 aromatic heterocycles. The Balaban J connectivity index is 0.00000210. The van der Waals surface area contributed by atoms with Crippen LogP contribution in [0, 0.1) is 17.2 Å². The second-order valence-corrected chi connectivity index (χ2v) is 8.37. The van der Waals surface area contributed by atoms with Crippen LogP contribution in [0.1, 0.15) is 51.6 Å². The summed E-state index contributed by atoms with van der Waals surface area (Å²) < 4.78 is 0. The lowest BCUT2D eigenvalue weighted by atomic mass is 9.80. The minimum absolute atomic E-state index is 0. The van der Waals surface area contributed by atoms with Gasteiger partial charge in [-0.15, -0.1) is 0 Å². The summed E-state index contributed by atoms with van der Waals surface area (Å²) >= 11 is 0. The third kappa shape index (κ3) is 3.46. The van der Waals surface area contributed by atoms with Crippen molar-refractivity contribution in [1.29, 1.82) is 5.26 Å². The molecule has 0 N–H and O–H groups in total. The number of rotatable bonds is 6. The molecule has 1 aromatic rings. The van der Waals surface area contributed by atoms with Crippen LogP contribution in [0.4, 0.5) is 0 Å². The average molecular weight is 352 g/mol. The molecule has 0 spiro atoms. The maximum Gasteiger partial charge on any atom is 0.0991 e. The van der Waals surface area contributed by atoms with E-state index in [9.17, 15) is 5.26 Å². The van der Waals surface area contributed by atoms with Crippen molar-refractivity contribution in [3.05, 3.63) is 47.5 Å². The third-order valence-corrected chi connectivity index (χ3v) is 7.05. The fourth-order valence-corrected chi connectivity index (χ4v) is 5.36. The first kappa shape index (κ1) is 17.8. The molecule has 0 amide bonds. The topological polar surface area (TPSA) is 30.3 Å². The fourth-order valence-electron chi connectivity index (χ4n) is 5.36. The maximum atomic E-state index is 9.21. The number of hydrogen-bond acceptors (Lipinski definition) is 3. The molecular formula is C23H33N3. The van der Waals surface area contributed by atoms with E-state index < -0.39 is 0 Å². The van der Waals surface area contributed by atoms with Crippen LogP contribution in [0.3, 0.4) is 0 Å². The highest BCUT2D eigenvalue weighted by Crippen LogP contribution is 2.62. The zero-order valence-electron chi connectivity index (χ0n) is 16.0. The Labute approximate surface area is 159 Å². The third-order valence-electron chi connectivity index (χ3n) is 7.05. The molecule has 2 unspecified atom stereocenters. The molecule has 2 aliphatic carbocycles. The second kappa shape index (κ2) is 7.55. The first-order valence-corrected chi connectivity index (χ1v) is 10.4. The average Bonchev–Trinajstić information content (AvgIpc) is 3.44. The van der Waals surface area contributed by atoms with E-state index in [1.54, 1.807) is 0 Å². The van der Waals surface area contributed by atoms with E-state index in [-0.39, 0.29) is 1.43 Å². The maximum absolute atomic E-state index is 9.21. The number of fused-ring (bicyclic) bond motifs is 1. The van der Waals surface area contributed by atoms with Gasteiger partial charge in [0.1, 0.15) is 0 Å². The SMILES string of the molecule is CCN(CCN1CC=CCC1)C1CC[C@]2(c3cccc(C#N)c3)CC2C1.[HH]. The summed E-state index contributed by atoms with van der Waals surface area (Å²) in [6.07, 6.45) is 11.1. The van der Waals surface area contributed by atoms with E-state index in [1.807, 2.05) is 6.07 Å². The van der Waals surface area contributed by atoms with Crippen molar-refractivity contribution in [2.24, 2.45) is 5.92 Å². The summed E-state index contributed by atoms with van der Waals surface area (Å²) in [7, 11) is 0. The smallest absolute Gasteiger partial charge is 0.0991 e. The van der Waals surface area contributed by atoms with Crippen LogP contribution >= 0.6 is 0 Å². The predicted octanol–water partition coefficient (Wildman–Crippen LogP) is 4.20. The number of benzene rings is 1. The minimum Gasteiger partial charge on any atom is -0.299 e. The number of likely N-dealkylation sites (N-methyl/N-ethyl adjacent to an activating group) is 1. The Morgan fingerprint density at radius 1 is 1.38 bits per heavy atom. The molecule has 1 aromatic carbocycles. The Morgan fingerprint density at radius 2 is 2.31 bits per heavy atom. The Hall–Kier alpha value is -1.63. The summed E-state index contributed by atoms with van der Waals surface area (Å²) in [4.78, 5) is 5.31. The molecule has 0 bridgehead atoms. The van der Waals surface area contributed by atoms with E-state index in [2.05, 4.69) is 53.1 Å². The van der Waals surface area contributed by atoms with E-state index >= 15 is 0 Å². The zero-order valence-corrected chi connectivity index (χ0v) is 16.0. The van der Waals surface area contributed by atoms with Crippen LogP contribution in [0.2, 0.25) is 0 Å². The van der Waals surface area contributed by atoms with Crippen molar-refractivity contribution >= 4 is 0 Å². The molecular weight excluding hydrogens is 318 g/mol. The van der Waals surface area contributed by atoms with E-state index in [0.29, 0.717) is 5.41 Å². The normalized spacial score (nSPS) is 30.8. The number of hydrogen-bond donors (Lipinski definition) is 0. The van der Waals surface area contributed by atoms with Gasteiger partial charge >= 0.3 is 0 Å². The summed E-state index contributed by atoms with van der Waals surface area (Å²) in [6.45, 7) is 8.25. The highest BCUT2D eigenvalue weighted by atomic mass is 15.2. The molecule has 3 atom stereocenters. The first-order valence-electron chi connectivity index (χ1n) is 10.4. The van der Waals surface area contributed by atoms with Gasteiger partial charge in [0.25, 0.3) is 0 Å². The molecule has 2 saturated carbocycles. The lowest BCUT2D eigenvalue weighted by molar-refractivity contribution is 0.133. The molecule has 1 heterocycles. The number of nitriles is 1. The van der Waals surface area contributed by atoms with Crippen LogP contribution in [-0.2, 0) is 5.41 Å². The second-order valence-electron chi connectivity index (χ2n) is 8.37. The largest absolute Gasteiger partial charge is 0.299 e. The standard InChI is InChI=1S/C23H31N3.H2/c1-2-26(14-13-25-11-4-3-5-12-25)22-9-10-23(17-21(23)16-22)20-8-6-7-19(15-20)18-24;/h3-4,6-8,15,21-22H,2,5,9-14,16-17H2,1H3;1H/t21?,22?,23-;/m1./s1. The zero-order chi connectivity index (χ0) is 18.0. The Bertz CT molecular complexity index is 710. The van der Waals surface area contributed by atoms with Crippen molar-refractivity contribution < 1.29 is 1.43 Å². The van der Waals surface area contributed by atoms with Gasteiger partial charge in [0.2, 0.25) is 0 Å². The van der Waals surface area contributed by atoms with Gasteiger partial charge in [-0.1, -0.05) is 31.2 Å². The highest BCUT2D eigenvalue weighted by Gasteiger charge is 2.57. The van der Waals surface area contributed by atoms with Crippen molar-refractivity contribution in [3.63, 3.8) is 0 Å². The first-order chi connectivity index (χ1) is 12.7. The van der Waals surface area contributed by atoms with Gasteiger partial charge in [-0.3, -0.25) is 9.80 Å². The number of nitrogens with zero attached hydrogens (tertiary/aromatic N) is 3. The van der Waals surface area contributed by atoms with Crippen LogP contribution < -0.4 is 0 Å². The molecule has 3 aliphatic rings. The molecule has 3 heteroatoms. The molecule has 1 aliphatic heterocycles. The van der Waals surface area contributed by atoms with Crippen LogP contribution in [0.25, 0.3) is 0 Å². The minimum atomic E-state index is 0. The van der Waals surface area contributed by atoms with Gasteiger partial charge in [-0.05, 0) is 67.7 Å². The van der Waals surface area contributed by atoms with Crippen LogP contribution in [0.15, 0.2) is 36.4 Å². The van der Waals surface area contributed by atoms with Gasteiger partial charge in [-0.25, -0.2) is 0 Å². The van der Waals surface area contributed by atoms with Gasteiger partial charge in [0.15, 0.2) is 0 Å². The summed E-state index contributed by atoms with van der Waals surface area (Å²) in [6, 6.07) is 11.4. The molecule has 0 radical (unpaired) electrons. The van der Waals surface area contributed by atoms with Gasteiger partial charge in [0.05, 0.1) is 11.6 Å². The van der Waals surface area contributed by atoms with Crippen molar-refractivity contribution in [2.75, 3.05) is 32.7 Å². The Morgan fingerprint density at radius 3 is 3.04 bits per heavy atom. The van der Waals surface area contributed by atoms with Crippen LogP contribution in [-0.4, -0.2) is 48.6 Å². The van der Waals surface area contributed by atoms with Gasteiger partial charge < -0.3 is 0 Å². The van der Waals surface area contributed by atoms with Crippen molar-refractivity contribution in [3.8, 4) is 6.07 Å². The molecule has 26 heavy (non-hydrogen) atoms. The van der Waals surface area contributed by atoms with Crippen LogP contribution in [0.5, 0.6) is 0 Å².